The first-order chi connectivity index (χ1) is 10.2. The quantitative estimate of drug-likeness (QED) is 0.845. The van der Waals surface area contributed by atoms with Crippen molar-refractivity contribution in [2.75, 3.05) is 27.2 Å². The number of hydrogen-bond acceptors (Lipinski definition) is 3. The summed E-state index contributed by atoms with van der Waals surface area (Å²) >= 11 is 0. The minimum absolute atomic E-state index is 0.0167. The third-order valence-electron chi connectivity index (χ3n) is 4.92. The molecule has 0 bridgehead atoms. The lowest BCUT2D eigenvalue weighted by Crippen LogP contribution is -2.53. The number of rotatable bonds is 4. The summed E-state index contributed by atoms with van der Waals surface area (Å²) in [5.74, 6) is -0.217. The molecule has 0 aromatic rings. The maximum Gasteiger partial charge on any atom is 0.281 e. The lowest BCUT2D eigenvalue weighted by atomic mass is 9.82. The van der Waals surface area contributed by atoms with Crippen molar-refractivity contribution >= 4 is 16.1 Å². The first-order valence-electron chi connectivity index (χ1n) is 8.24. The highest BCUT2D eigenvalue weighted by atomic mass is 32.2. The van der Waals surface area contributed by atoms with Crippen LogP contribution in [-0.2, 0) is 15.0 Å². The van der Waals surface area contributed by atoms with Crippen LogP contribution in [0.5, 0.6) is 0 Å². The van der Waals surface area contributed by atoms with Gasteiger partial charge in [0.1, 0.15) is 0 Å². The standard InChI is InChI=1S/C15H29N3O3S/c1-15(9-5-4-6-10-15)16-14(19)13-8-7-11-18(12-13)22(20,21)17(2)3/h13H,4-12H2,1-3H3,(H,16,19)/t13-/m0/s1. The molecule has 0 spiro atoms. The molecule has 1 amide bonds. The Kier molecular flexibility index (Phi) is 5.50. The molecule has 0 aromatic heterocycles. The molecule has 1 N–H and O–H groups in total. The van der Waals surface area contributed by atoms with Crippen LogP contribution in [0.1, 0.15) is 51.9 Å². The summed E-state index contributed by atoms with van der Waals surface area (Å²) in [6.45, 7) is 2.91. The molecule has 2 rings (SSSR count). The van der Waals surface area contributed by atoms with Crippen LogP contribution in [-0.4, -0.2) is 55.7 Å². The van der Waals surface area contributed by atoms with E-state index in [0.717, 1.165) is 38.5 Å². The molecule has 128 valence electrons. The SMILES string of the molecule is CN(C)S(=O)(=O)N1CCC[C@H](C(=O)NC2(C)CCCCC2)C1. The largest absolute Gasteiger partial charge is 0.351 e. The predicted molar refractivity (Wildman–Crippen MR) is 86.5 cm³/mol. The van der Waals surface area contributed by atoms with Gasteiger partial charge < -0.3 is 5.32 Å². The van der Waals surface area contributed by atoms with Gasteiger partial charge >= 0.3 is 0 Å². The highest BCUT2D eigenvalue weighted by Crippen LogP contribution is 2.29. The molecule has 0 radical (unpaired) electrons. The summed E-state index contributed by atoms with van der Waals surface area (Å²) in [5.41, 5.74) is -0.113. The van der Waals surface area contributed by atoms with Crippen molar-refractivity contribution in [3.8, 4) is 0 Å². The second-order valence-corrected chi connectivity index (χ2v) is 9.24. The van der Waals surface area contributed by atoms with E-state index in [1.54, 1.807) is 0 Å². The average Bonchev–Trinajstić information content (AvgIpc) is 2.47. The molecule has 2 aliphatic rings. The van der Waals surface area contributed by atoms with Crippen molar-refractivity contribution in [1.82, 2.24) is 13.9 Å². The molecule has 7 heteroatoms. The highest BCUT2D eigenvalue weighted by molar-refractivity contribution is 7.86. The van der Waals surface area contributed by atoms with Crippen LogP contribution >= 0.6 is 0 Å². The Morgan fingerprint density at radius 2 is 1.82 bits per heavy atom. The van der Waals surface area contributed by atoms with E-state index in [-0.39, 0.29) is 17.4 Å². The Morgan fingerprint density at radius 3 is 2.41 bits per heavy atom. The van der Waals surface area contributed by atoms with Gasteiger partial charge in [-0.3, -0.25) is 4.79 Å². The zero-order chi connectivity index (χ0) is 16.4. The number of carbonyl (C=O) groups is 1. The fourth-order valence-corrected chi connectivity index (χ4v) is 4.64. The second-order valence-electron chi connectivity index (χ2n) is 7.10. The first kappa shape index (κ1) is 17.7. The molecular weight excluding hydrogens is 302 g/mol. The van der Waals surface area contributed by atoms with Gasteiger partial charge in [0.25, 0.3) is 10.2 Å². The van der Waals surface area contributed by atoms with Gasteiger partial charge in [0.2, 0.25) is 5.91 Å². The Balaban J connectivity index is 1.98. The number of nitrogens with one attached hydrogen (secondary N) is 1. The zero-order valence-electron chi connectivity index (χ0n) is 14.0. The molecule has 6 nitrogen and oxygen atoms in total. The molecule has 1 atom stereocenters. The molecule has 1 aliphatic heterocycles. The van der Waals surface area contributed by atoms with Crippen molar-refractivity contribution < 1.29 is 13.2 Å². The Morgan fingerprint density at radius 1 is 1.18 bits per heavy atom. The third-order valence-corrected chi connectivity index (χ3v) is 6.83. The van der Waals surface area contributed by atoms with Crippen LogP contribution in [0.25, 0.3) is 0 Å². The first-order valence-corrected chi connectivity index (χ1v) is 9.64. The lowest BCUT2D eigenvalue weighted by molar-refractivity contribution is -0.128. The monoisotopic (exact) mass is 331 g/mol. The zero-order valence-corrected chi connectivity index (χ0v) is 14.8. The maximum absolute atomic E-state index is 12.6. The normalized spacial score (nSPS) is 26.8. The second kappa shape index (κ2) is 6.84. The van der Waals surface area contributed by atoms with Crippen LogP contribution < -0.4 is 5.32 Å². The van der Waals surface area contributed by atoms with Gasteiger partial charge in [0, 0.05) is 32.7 Å². The topological polar surface area (TPSA) is 69.7 Å². The highest BCUT2D eigenvalue weighted by Gasteiger charge is 2.36. The summed E-state index contributed by atoms with van der Waals surface area (Å²) in [5, 5.41) is 3.19. The number of hydrogen-bond donors (Lipinski definition) is 1. The van der Waals surface area contributed by atoms with E-state index in [1.165, 1.54) is 29.1 Å². The van der Waals surface area contributed by atoms with Gasteiger partial charge in [0.15, 0.2) is 0 Å². The minimum Gasteiger partial charge on any atom is -0.351 e. The number of carbonyl (C=O) groups excluding carboxylic acids is 1. The molecule has 1 aliphatic carbocycles. The summed E-state index contributed by atoms with van der Waals surface area (Å²) in [6, 6.07) is 0. The molecule has 0 aromatic carbocycles. The van der Waals surface area contributed by atoms with Crippen molar-refractivity contribution in [3.05, 3.63) is 0 Å². The number of amides is 1. The summed E-state index contributed by atoms with van der Waals surface area (Å²) in [6.07, 6.45) is 7.09. The Bertz CT molecular complexity index is 498. The molecular formula is C15H29N3O3S. The van der Waals surface area contributed by atoms with E-state index in [0.29, 0.717) is 13.1 Å². The van der Waals surface area contributed by atoms with Gasteiger partial charge in [0.05, 0.1) is 5.92 Å². The summed E-state index contributed by atoms with van der Waals surface area (Å²) in [4.78, 5) is 12.6. The molecule has 1 heterocycles. The Hall–Kier alpha value is -0.660. The van der Waals surface area contributed by atoms with Crippen molar-refractivity contribution in [3.63, 3.8) is 0 Å². The summed E-state index contributed by atoms with van der Waals surface area (Å²) in [7, 11) is -0.368. The van der Waals surface area contributed by atoms with Crippen LogP contribution in [0, 0.1) is 5.92 Å². The fourth-order valence-electron chi connectivity index (χ4n) is 3.45. The fraction of sp³-hybridized carbons (Fsp3) is 0.933. The van der Waals surface area contributed by atoms with Gasteiger partial charge in [-0.2, -0.15) is 17.0 Å². The average molecular weight is 331 g/mol. The van der Waals surface area contributed by atoms with Gasteiger partial charge in [-0.05, 0) is 32.6 Å². The maximum atomic E-state index is 12.6. The minimum atomic E-state index is -3.43. The predicted octanol–water partition coefficient (Wildman–Crippen LogP) is 1.34. The number of piperidine rings is 1. The van der Waals surface area contributed by atoms with E-state index < -0.39 is 10.2 Å². The van der Waals surface area contributed by atoms with Crippen molar-refractivity contribution in [2.24, 2.45) is 5.92 Å². The van der Waals surface area contributed by atoms with E-state index >= 15 is 0 Å². The molecule has 0 unspecified atom stereocenters. The smallest absolute Gasteiger partial charge is 0.281 e. The van der Waals surface area contributed by atoms with Crippen LogP contribution in [0.15, 0.2) is 0 Å². The van der Waals surface area contributed by atoms with E-state index in [1.807, 2.05) is 0 Å². The van der Waals surface area contributed by atoms with Gasteiger partial charge in [-0.15, -0.1) is 0 Å². The van der Waals surface area contributed by atoms with Crippen molar-refractivity contribution in [2.45, 2.75) is 57.4 Å². The molecule has 22 heavy (non-hydrogen) atoms. The van der Waals surface area contributed by atoms with E-state index in [9.17, 15) is 13.2 Å². The lowest BCUT2D eigenvalue weighted by Gasteiger charge is -2.38. The summed E-state index contributed by atoms with van der Waals surface area (Å²) < 4.78 is 27.1. The van der Waals surface area contributed by atoms with Gasteiger partial charge in [-0.25, -0.2) is 0 Å². The van der Waals surface area contributed by atoms with Gasteiger partial charge in [-0.1, -0.05) is 19.3 Å². The van der Waals surface area contributed by atoms with Crippen LogP contribution in [0.3, 0.4) is 0 Å². The Labute approximate surface area is 134 Å². The molecule has 1 saturated heterocycles. The number of nitrogens with zero attached hydrogens (tertiary/aromatic N) is 2. The third kappa shape index (κ3) is 4.00. The molecule has 2 fully saturated rings. The van der Waals surface area contributed by atoms with Crippen LogP contribution in [0.2, 0.25) is 0 Å². The van der Waals surface area contributed by atoms with E-state index in [2.05, 4.69) is 12.2 Å². The van der Waals surface area contributed by atoms with Crippen LogP contribution in [0.4, 0.5) is 0 Å². The van der Waals surface area contributed by atoms with Crippen molar-refractivity contribution in [1.29, 1.82) is 0 Å². The van der Waals surface area contributed by atoms with E-state index in [4.69, 9.17) is 0 Å². The molecule has 1 saturated carbocycles.